The summed E-state index contributed by atoms with van der Waals surface area (Å²) < 4.78 is 5.69. The van der Waals surface area contributed by atoms with Gasteiger partial charge in [0.1, 0.15) is 0 Å². The summed E-state index contributed by atoms with van der Waals surface area (Å²) in [5, 5.41) is 4.33. The van der Waals surface area contributed by atoms with Gasteiger partial charge in [0, 0.05) is 32.1 Å². The highest BCUT2D eigenvalue weighted by atomic mass is 16.5. The highest BCUT2D eigenvalue weighted by Crippen LogP contribution is 2.37. The number of rotatable bonds is 6. The van der Waals surface area contributed by atoms with E-state index in [1.165, 1.54) is 49.9 Å². The van der Waals surface area contributed by atoms with E-state index < -0.39 is 0 Å². The summed E-state index contributed by atoms with van der Waals surface area (Å²) in [6, 6.07) is 9.14. The minimum Gasteiger partial charge on any atom is -0.338 e. The molecule has 3 aliphatic rings. The maximum atomic E-state index is 5.69. The van der Waals surface area contributed by atoms with Crippen LogP contribution in [0.3, 0.4) is 0 Å². The van der Waals surface area contributed by atoms with Crippen LogP contribution in [-0.2, 0) is 6.54 Å². The van der Waals surface area contributed by atoms with Crippen LogP contribution < -0.4 is 0 Å². The molecule has 138 valence electrons. The summed E-state index contributed by atoms with van der Waals surface area (Å²) in [5.41, 5.74) is 2.72. The molecule has 3 fully saturated rings. The van der Waals surface area contributed by atoms with E-state index in [9.17, 15) is 0 Å². The summed E-state index contributed by atoms with van der Waals surface area (Å²) in [4.78, 5) is 9.83. The Kier molecular flexibility index (Phi) is 4.29. The lowest BCUT2D eigenvalue weighted by Gasteiger charge is -2.37. The van der Waals surface area contributed by atoms with Crippen molar-refractivity contribution in [1.29, 1.82) is 0 Å². The second kappa shape index (κ2) is 6.78. The zero-order chi connectivity index (χ0) is 17.5. The van der Waals surface area contributed by atoms with Crippen molar-refractivity contribution in [2.45, 2.75) is 51.1 Å². The molecular weight excluding hydrogens is 324 g/mol. The van der Waals surface area contributed by atoms with Crippen molar-refractivity contribution in [1.82, 2.24) is 19.9 Å². The molecule has 2 aliphatic heterocycles. The highest BCUT2D eigenvalue weighted by molar-refractivity contribution is 5.22. The van der Waals surface area contributed by atoms with Crippen LogP contribution in [0.15, 0.2) is 28.8 Å². The van der Waals surface area contributed by atoms with E-state index in [-0.39, 0.29) is 0 Å². The summed E-state index contributed by atoms with van der Waals surface area (Å²) >= 11 is 0. The van der Waals surface area contributed by atoms with Gasteiger partial charge in [0.05, 0.1) is 6.04 Å². The molecule has 1 aromatic heterocycles. The van der Waals surface area contributed by atoms with E-state index in [4.69, 9.17) is 9.51 Å². The van der Waals surface area contributed by atoms with E-state index >= 15 is 0 Å². The summed E-state index contributed by atoms with van der Waals surface area (Å²) in [5.74, 6) is 3.12. The number of hydrogen-bond acceptors (Lipinski definition) is 5. The van der Waals surface area contributed by atoms with Crippen molar-refractivity contribution in [3.05, 3.63) is 47.1 Å². The number of aromatic nitrogens is 2. The van der Waals surface area contributed by atoms with Gasteiger partial charge in [-0.05, 0) is 50.6 Å². The van der Waals surface area contributed by atoms with E-state index in [1.54, 1.807) is 0 Å². The van der Waals surface area contributed by atoms with E-state index in [0.29, 0.717) is 12.0 Å². The molecule has 3 heterocycles. The largest absolute Gasteiger partial charge is 0.338 e. The van der Waals surface area contributed by atoms with Gasteiger partial charge >= 0.3 is 0 Å². The Morgan fingerprint density at radius 2 is 2.08 bits per heavy atom. The highest BCUT2D eigenvalue weighted by Gasteiger charge is 2.37. The van der Waals surface area contributed by atoms with Crippen LogP contribution in [0, 0.1) is 12.8 Å². The molecule has 0 spiro atoms. The summed E-state index contributed by atoms with van der Waals surface area (Å²) in [6.07, 6.45) is 5.22. The third-order valence-corrected chi connectivity index (χ3v) is 6.11. The Labute approximate surface area is 155 Å². The Bertz CT molecular complexity index is 763. The fraction of sp³-hybridized carbons (Fsp3) is 0.619. The first-order chi connectivity index (χ1) is 12.7. The molecule has 1 saturated carbocycles. The molecule has 5 rings (SSSR count). The van der Waals surface area contributed by atoms with E-state index in [0.717, 1.165) is 37.3 Å². The number of benzene rings is 1. The zero-order valence-electron chi connectivity index (χ0n) is 15.6. The normalized spacial score (nSPS) is 24.9. The van der Waals surface area contributed by atoms with Crippen molar-refractivity contribution < 1.29 is 4.52 Å². The third-order valence-electron chi connectivity index (χ3n) is 6.11. The predicted octanol–water partition coefficient (Wildman–Crippen LogP) is 3.52. The number of likely N-dealkylation sites (tertiary alicyclic amines) is 2. The van der Waals surface area contributed by atoms with Crippen LogP contribution >= 0.6 is 0 Å². The molecule has 0 N–H and O–H groups in total. The summed E-state index contributed by atoms with van der Waals surface area (Å²) in [7, 11) is 0. The SMILES string of the molecule is Cc1cccc(CN2CC(c3noc(C4CCCN4CC4CC4)n3)C2)c1. The van der Waals surface area contributed by atoms with Crippen LogP contribution in [0.25, 0.3) is 0 Å². The van der Waals surface area contributed by atoms with Gasteiger partial charge < -0.3 is 4.52 Å². The molecule has 1 atom stereocenters. The molecule has 0 amide bonds. The predicted molar refractivity (Wildman–Crippen MR) is 99.8 cm³/mol. The van der Waals surface area contributed by atoms with Gasteiger partial charge in [0.15, 0.2) is 5.82 Å². The lowest BCUT2D eigenvalue weighted by Crippen LogP contribution is -2.44. The molecule has 1 aliphatic carbocycles. The van der Waals surface area contributed by atoms with Crippen molar-refractivity contribution in [3.8, 4) is 0 Å². The minimum atomic E-state index is 0.361. The molecule has 0 radical (unpaired) electrons. The number of aryl methyl sites for hydroxylation is 1. The second-order valence-electron chi connectivity index (χ2n) is 8.47. The molecule has 1 aromatic carbocycles. The van der Waals surface area contributed by atoms with Gasteiger partial charge in [-0.3, -0.25) is 9.80 Å². The van der Waals surface area contributed by atoms with Crippen molar-refractivity contribution in [3.63, 3.8) is 0 Å². The monoisotopic (exact) mass is 352 g/mol. The first kappa shape index (κ1) is 16.5. The standard InChI is InChI=1S/C21H28N4O/c1-15-4-2-5-17(10-15)11-24-13-18(14-24)20-22-21(26-23-20)19-6-3-9-25(19)12-16-7-8-16/h2,4-5,10,16,18-19H,3,6-9,11-14H2,1H3. The molecule has 1 unspecified atom stereocenters. The fourth-order valence-electron chi connectivity index (χ4n) is 4.44. The average Bonchev–Trinajstić information content (AvgIpc) is 3.08. The van der Waals surface area contributed by atoms with Crippen molar-refractivity contribution >= 4 is 0 Å². The van der Waals surface area contributed by atoms with Crippen molar-refractivity contribution in [2.24, 2.45) is 5.92 Å². The molecule has 0 bridgehead atoms. The first-order valence-corrected chi connectivity index (χ1v) is 10.1. The smallest absolute Gasteiger partial charge is 0.244 e. The van der Waals surface area contributed by atoms with Gasteiger partial charge in [0.2, 0.25) is 5.89 Å². The fourth-order valence-corrected chi connectivity index (χ4v) is 4.44. The molecule has 5 heteroatoms. The van der Waals surface area contributed by atoms with Crippen LogP contribution in [0.2, 0.25) is 0 Å². The van der Waals surface area contributed by atoms with Crippen molar-refractivity contribution in [2.75, 3.05) is 26.2 Å². The average molecular weight is 352 g/mol. The lowest BCUT2D eigenvalue weighted by molar-refractivity contribution is 0.132. The molecule has 2 saturated heterocycles. The molecular formula is C21H28N4O. The van der Waals surface area contributed by atoms with Gasteiger partial charge in [-0.25, -0.2) is 0 Å². The molecule has 26 heavy (non-hydrogen) atoms. The van der Waals surface area contributed by atoms with Gasteiger partial charge in [0.25, 0.3) is 0 Å². The number of nitrogens with zero attached hydrogens (tertiary/aromatic N) is 4. The van der Waals surface area contributed by atoms with E-state index in [2.05, 4.69) is 46.1 Å². The van der Waals surface area contributed by atoms with E-state index in [1.807, 2.05) is 0 Å². The van der Waals surface area contributed by atoms with Gasteiger partial charge in [-0.2, -0.15) is 4.98 Å². The Morgan fingerprint density at radius 1 is 1.19 bits per heavy atom. The lowest BCUT2D eigenvalue weighted by atomic mass is 9.98. The maximum Gasteiger partial charge on any atom is 0.244 e. The third kappa shape index (κ3) is 3.42. The Hall–Kier alpha value is -1.72. The minimum absolute atomic E-state index is 0.361. The van der Waals surface area contributed by atoms with Gasteiger partial charge in [-0.15, -0.1) is 0 Å². The Balaban J connectivity index is 1.17. The summed E-state index contributed by atoms with van der Waals surface area (Å²) in [6.45, 7) is 7.63. The second-order valence-corrected chi connectivity index (χ2v) is 8.47. The maximum absolute atomic E-state index is 5.69. The first-order valence-electron chi connectivity index (χ1n) is 10.1. The quantitative estimate of drug-likeness (QED) is 0.796. The van der Waals surface area contributed by atoms with Crippen LogP contribution in [0.4, 0.5) is 0 Å². The molecule has 2 aromatic rings. The van der Waals surface area contributed by atoms with Crippen LogP contribution in [0.1, 0.15) is 60.5 Å². The zero-order valence-corrected chi connectivity index (χ0v) is 15.6. The van der Waals surface area contributed by atoms with Gasteiger partial charge in [-0.1, -0.05) is 35.0 Å². The Morgan fingerprint density at radius 3 is 2.88 bits per heavy atom. The van der Waals surface area contributed by atoms with Crippen LogP contribution in [-0.4, -0.2) is 46.1 Å². The van der Waals surface area contributed by atoms with Crippen LogP contribution in [0.5, 0.6) is 0 Å². The molecule has 5 nitrogen and oxygen atoms in total. The topological polar surface area (TPSA) is 45.4 Å². The number of hydrogen-bond donors (Lipinski definition) is 0.